The van der Waals surface area contributed by atoms with Crippen LogP contribution in [0.4, 0.5) is 0 Å². The fourth-order valence-electron chi connectivity index (χ4n) is 3.12. The molecule has 3 rings (SSSR count). The van der Waals surface area contributed by atoms with Crippen molar-refractivity contribution >= 4 is 19.9 Å². The normalized spacial score (nSPS) is 17.4. The molecule has 0 N–H and O–H groups in total. The van der Waals surface area contributed by atoms with Gasteiger partial charge in [-0.25, -0.2) is 21.1 Å². The maximum Gasteiger partial charge on any atom is 0.249 e. The monoisotopic (exact) mass is 398 g/mol. The molecule has 8 nitrogen and oxygen atoms in total. The van der Waals surface area contributed by atoms with Gasteiger partial charge < -0.3 is 4.57 Å². The number of piperidine rings is 1. The van der Waals surface area contributed by atoms with E-state index in [-0.39, 0.29) is 36.8 Å². The molecular formula is C16H22N4O4S2. The second-order valence-corrected chi connectivity index (χ2v) is 10.6. The lowest BCUT2D eigenvalue weighted by atomic mass is 10.2. The molecule has 10 heteroatoms. The van der Waals surface area contributed by atoms with Gasteiger partial charge in [0.05, 0.1) is 11.0 Å². The highest BCUT2D eigenvalue weighted by atomic mass is 32.2. The smallest absolute Gasteiger partial charge is 0.249 e. The molecule has 0 spiro atoms. The number of aromatic nitrogens is 3. The van der Waals surface area contributed by atoms with Crippen molar-refractivity contribution in [3.63, 3.8) is 0 Å². The molecule has 0 atom stereocenters. The van der Waals surface area contributed by atoms with Crippen LogP contribution in [0.5, 0.6) is 0 Å². The van der Waals surface area contributed by atoms with E-state index in [0.717, 1.165) is 5.56 Å². The van der Waals surface area contributed by atoms with E-state index in [1.165, 1.54) is 15.2 Å². The van der Waals surface area contributed by atoms with E-state index in [1.807, 2.05) is 30.3 Å². The van der Waals surface area contributed by atoms with Crippen LogP contribution >= 0.6 is 0 Å². The second kappa shape index (κ2) is 7.45. The third kappa shape index (κ3) is 3.97. The Morgan fingerprint density at radius 3 is 2.31 bits per heavy atom. The molecule has 1 fully saturated rings. The Hall–Kier alpha value is -1.78. The van der Waals surface area contributed by atoms with Gasteiger partial charge in [-0.15, -0.1) is 10.2 Å². The molecule has 0 radical (unpaired) electrons. The summed E-state index contributed by atoms with van der Waals surface area (Å²) in [5.74, 6) is 0.0255. The first-order valence-electron chi connectivity index (χ1n) is 8.40. The molecule has 0 saturated carbocycles. The van der Waals surface area contributed by atoms with Gasteiger partial charge in [0.1, 0.15) is 6.33 Å². The molecule has 26 heavy (non-hydrogen) atoms. The molecule has 1 saturated heterocycles. The van der Waals surface area contributed by atoms with Crippen molar-refractivity contribution in [3.8, 4) is 0 Å². The first kappa shape index (κ1) is 19.0. The number of aryl methyl sites for hydroxylation is 2. The SMILES string of the molecule is Cn1cnnc1S(=O)(=O)C1CCN(S(=O)(=O)CCc2ccccc2)CC1. The summed E-state index contributed by atoms with van der Waals surface area (Å²) in [6.07, 6.45) is 2.32. The van der Waals surface area contributed by atoms with E-state index in [9.17, 15) is 16.8 Å². The molecule has 2 aromatic rings. The largest absolute Gasteiger partial charge is 0.308 e. The minimum Gasteiger partial charge on any atom is -0.308 e. The molecule has 142 valence electrons. The van der Waals surface area contributed by atoms with Gasteiger partial charge in [0.25, 0.3) is 0 Å². The van der Waals surface area contributed by atoms with E-state index in [1.54, 1.807) is 7.05 Å². The van der Waals surface area contributed by atoms with Crippen molar-refractivity contribution in [2.75, 3.05) is 18.8 Å². The number of sulfonamides is 1. The van der Waals surface area contributed by atoms with E-state index in [0.29, 0.717) is 6.42 Å². The molecule has 1 aromatic carbocycles. The summed E-state index contributed by atoms with van der Waals surface area (Å²) < 4.78 is 53.2. The van der Waals surface area contributed by atoms with E-state index < -0.39 is 25.1 Å². The summed E-state index contributed by atoms with van der Waals surface area (Å²) in [6.45, 7) is 0.414. The minimum absolute atomic E-state index is 0.0255. The molecule has 1 aromatic heterocycles. The zero-order valence-corrected chi connectivity index (χ0v) is 16.2. The van der Waals surface area contributed by atoms with Crippen molar-refractivity contribution in [2.45, 2.75) is 29.7 Å². The van der Waals surface area contributed by atoms with Gasteiger partial charge in [-0.05, 0) is 24.8 Å². The molecule has 0 unspecified atom stereocenters. The molecule has 2 heterocycles. The molecule has 1 aliphatic heterocycles. The summed E-state index contributed by atoms with van der Waals surface area (Å²) >= 11 is 0. The molecular weight excluding hydrogens is 376 g/mol. The van der Waals surface area contributed by atoms with Crippen LogP contribution in [0.1, 0.15) is 18.4 Å². The van der Waals surface area contributed by atoms with Gasteiger partial charge in [-0.1, -0.05) is 30.3 Å². The maximum absolute atomic E-state index is 12.6. The highest BCUT2D eigenvalue weighted by Gasteiger charge is 2.37. The fraction of sp³-hybridized carbons (Fsp3) is 0.500. The van der Waals surface area contributed by atoms with Crippen molar-refractivity contribution in [2.24, 2.45) is 7.05 Å². The van der Waals surface area contributed by atoms with Gasteiger partial charge >= 0.3 is 0 Å². The zero-order chi connectivity index (χ0) is 18.8. The summed E-state index contributed by atoms with van der Waals surface area (Å²) in [4.78, 5) is 0. The van der Waals surface area contributed by atoms with Crippen molar-refractivity contribution in [1.29, 1.82) is 0 Å². The number of benzene rings is 1. The van der Waals surface area contributed by atoms with Crippen LogP contribution in [0.2, 0.25) is 0 Å². The van der Waals surface area contributed by atoms with Gasteiger partial charge in [0.2, 0.25) is 25.0 Å². The predicted octanol–water partition coefficient (Wildman–Crippen LogP) is 0.626. The first-order chi connectivity index (χ1) is 12.3. The van der Waals surface area contributed by atoms with Crippen LogP contribution in [0, 0.1) is 0 Å². The Bertz CT molecular complexity index is 947. The zero-order valence-electron chi connectivity index (χ0n) is 14.5. The Balaban J connectivity index is 1.62. The van der Waals surface area contributed by atoms with Gasteiger partial charge in [0, 0.05) is 20.1 Å². The quantitative estimate of drug-likeness (QED) is 0.707. The topological polar surface area (TPSA) is 102 Å². The van der Waals surface area contributed by atoms with Gasteiger partial charge in [-0.3, -0.25) is 0 Å². The second-order valence-electron chi connectivity index (χ2n) is 6.42. The third-order valence-corrected chi connectivity index (χ3v) is 8.75. The lowest BCUT2D eigenvalue weighted by Gasteiger charge is -2.30. The maximum atomic E-state index is 12.6. The number of nitrogens with zero attached hydrogens (tertiary/aromatic N) is 4. The van der Waals surface area contributed by atoms with Gasteiger partial charge in [-0.2, -0.15) is 0 Å². The highest BCUT2D eigenvalue weighted by molar-refractivity contribution is 7.92. The average molecular weight is 399 g/mol. The number of hydrogen-bond donors (Lipinski definition) is 0. The third-order valence-electron chi connectivity index (χ3n) is 4.65. The van der Waals surface area contributed by atoms with Crippen LogP contribution < -0.4 is 0 Å². The first-order valence-corrected chi connectivity index (χ1v) is 11.6. The molecule has 1 aliphatic rings. The molecule has 0 bridgehead atoms. The number of sulfone groups is 1. The average Bonchev–Trinajstić information content (AvgIpc) is 3.08. The van der Waals surface area contributed by atoms with E-state index >= 15 is 0 Å². The van der Waals surface area contributed by atoms with Crippen LogP contribution in [0.3, 0.4) is 0 Å². The van der Waals surface area contributed by atoms with Crippen molar-refractivity contribution in [3.05, 3.63) is 42.2 Å². The molecule has 0 aliphatic carbocycles. The Morgan fingerprint density at radius 2 is 1.73 bits per heavy atom. The van der Waals surface area contributed by atoms with Crippen LogP contribution in [-0.2, 0) is 33.3 Å². The summed E-state index contributed by atoms with van der Waals surface area (Å²) in [5.41, 5.74) is 0.968. The number of hydrogen-bond acceptors (Lipinski definition) is 6. The van der Waals surface area contributed by atoms with Crippen LogP contribution in [0.15, 0.2) is 41.8 Å². The summed E-state index contributed by atoms with van der Waals surface area (Å²) in [5, 5.41) is 6.60. The Morgan fingerprint density at radius 1 is 1.08 bits per heavy atom. The van der Waals surface area contributed by atoms with Gasteiger partial charge in [0.15, 0.2) is 0 Å². The highest BCUT2D eigenvalue weighted by Crippen LogP contribution is 2.24. The summed E-state index contributed by atoms with van der Waals surface area (Å²) in [7, 11) is -5.43. The predicted molar refractivity (Wildman–Crippen MR) is 96.7 cm³/mol. The van der Waals surface area contributed by atoms with E-state index in [4.69, 9.17) is 0 Å². The Kier molecular flexibility index (Phi) is 5.44. The lowest BCUT2D eigenvalue weighted by molar-refractivity contribution is 0.344. The fourth-order valence-corrected chi connectivity index (χ4v) is 6.38. The lowest BCUT2D eigenvalue weighted by Crippen LogP contribution is -2.43. The summed E-state index contributed by atoms with van der Waals surface area (Å²) in [6, 6.07) is 9.44. The van der Waals surface area contributed by atoms with Crippen molar-refractivity contribution in [1.82, 2.24) is 19.1 Å². The van der Waals surface area contributed by atoms with Crippen LogP contribution in [-0.4, -0.2) is 60.0 Å². The molecule has 0 amide bonds. The number of rotatable bonds is 6. The van der Waals surface area contributed by atoms with Crippen LogP contribution in [0.25, 0.3) is 0 Å². The standard InChI is InChI=1S/C16H22N4O4S2/c1-19-13-17-18-16(19)26(23,24)15-7-10-20(11-8-15)25(21,22)12-9-14-5-3-2-4-6-14/h2-6,13,15H,7-12H2,1H3. The minimum atomic E-state index is -3.61. The van der Waals surface area contributed by atoms with E-state index in [2.05, 4.69) is 10.2 Å². The Labute approximate surface area is 153 Å². The van der Waals surface area contributed by atoms with Crippen molar-refractivity contribution < 1.29 is 16.8 Å².